The van der Waals surface area contributed by atoms with E-state index in [1.165, 1.54) is 24.8 Å². The number of benzene rings is 2. The summed E-state index contributed by atoms with van der Waals surface area (Å²) in [4.78, 5) is 2.75. The van der Waals surface area contributed by atoms with Crippen molar-refractivity contribution in [3.8, 4) is 0 Å². The topological polar surface area (TPSA) is 49.4 Å². The Morgan fingerprint density at radius 3 is 2.17 bits per heavy atom. The third kappa shape index (κ3) is 4.66. The molecule has 2 aromatic carbocycles. The summed E-state index contributed by atoms with van der Waals surface area (Å²) in [6, 6.07) is 16.8. The van der Waals surface area contributed by atoms with Gasteiger partial charge >= 0.3 is 0 Å². The van der Waals surface area contributed by atoms with E-state index in [9.17, 15) is 8.42 Å². The fourth-order valence-electron chi connectivity index (χ4n) is 3.01. The van der Waals surface area contributed by atoms with Gasteiger partial charge in [-0.05, 0) is 49.2 Å². The van der Waals surface area contributed by atoms with E-state index in [0.717, 1.165) is 25.2 Å². The van der Waals surface area contributed by atoms with Crippen molar-refractivity contribution >= 4 is 10.0 Å². The third-order valence-electron chi connectivity index (χ3n) is 4.40. The average Bonchev–Trinajstić information content (AvgIpc) is 2.62. The number of nitrogens with one attached hydrogen (secondary N) is 1. The summed E-state index contributed by atoms with van der Waals surface area (Å²) in [5.41, 5.74) is 2.11. The lowest BCUT2D eigenvalue weighted by atomic mass is 10.1. The first-order valence-electron chi connectivity index (χ1n) is 8.48. The Kier molecular flexibility index (Phi) is 5.66. The first-order valence-corrected chi connectivity index (χ1v) is 9.97. The molecule has 1 N–H and O–H groups in total. The van der Waals surface area contributed by atoms with Gasteiger partial charge in [0.05, 0.1) is 4.90 Å². The number of sulfonamides is 1. The molecular weight excluding hydrogens is 320 g/mol. The van der Waals surface area contributed by atoms with Gasteiger partial charge in [-0.1, -0.05) is 48.9 Å². The van der Waals surface area contributed by atoms with Crippen molar-refractivity contribution in [3.05, 3.63) is 65.7 Å². The van der Waals surface area contributed by atoms with E-state index in [2.05, 4.69) is 9.62 Å². The molecular formula is C19H24N2O2S. The van der Waals surface area contributed by atoms with Crippen LogP contribution < -0.4 is 4.72 Å². The van der Waals surface area contributed by atoms with Gasteiger partial charge in [0.15, 0.2) is 0 Å². The standard InChI is InChI=1S/C19H24N2O2S/c22-24(23,20-15-17-7-3-1-4-8-17)19-11-9-18(10-12-19)16-21-13-5-2-6-14-21/h1,3-4,7-12,20H,2,5-6,13-16H2. The zero-order valence-electron chi connectivity index (χ0n) is 13.8. The van der Waals surface area contributed by atoms with E-state index in [0.29, 0.717) is 11.4 Å². The molecule has 1 fully saturated rings. The van der Waals surface area contributed by atoms with Crippen LogP contribution in [-0.4, -0.2) is 26.4 Å². The second kappa shape index (κ2) is 7.92. The Morgan fingerprint density at radius 1 is 0.833 bits per heavy atom. The molecule has 4 nitrogen and oxygen atoms in total. The highest BCUT2D eigenvalue weighted by Crippen LogP contribution is 2.15. The van der Waals surface area contributed by atoms with Crippen LogP contribution in [0.1, 0.15) is 30.4 Å². The van der Waals surface area contributed by atoms with Gasteiger partial charge < -0.3 is 0 Å². The molecule has 0 spiro atoms. The van der Waals surface area contributed by atoms with Gasteiger partial charge in [0.1, 0.15) is 0 Å². The fourth-order valence-corrected chi connectivity index (χ4v) is 4.03. The van der Waals surface area contributed by atoms with E-state index in [-0.39, 0.29) is 0 Å². The lowest BCUT2D eigenvalue weighted by molar-refractivity contribution is 0.221. The predicted octanol–water partition coefficient (Wildman–Crippen LogP) is 3.15. The quantitative estimate of drug-likeness (QED) is 0.876. The highest BCUT2D eigenvalue weighted by Gasteiger charge is 2.14. The smallest absolute Gasteiger partial charge is 0.240 e. The third-order valence-corrected chi connectivity index (χ3v) is 5.81. The molecule has 0 saturated carbocycles. The number of piperidine rings is 1. The lowest BCUT2D eigenvalue weighted by Crippen LogP contribution is -2.29. The zero-order valence-corrected chi connectivity index (χ0v) is 14.6. The molecule has 0 radical (unpaired) electrons. The largest absolute Gasteiger partial charge is 0.299 e. The highest BCUT2D eigenvalue weighted by molar-refractivity contribution is 7.89. The van der Waals surface area contributed by atoms with Crippen molar-refractivity contribution in [2.24, 2.45) is 0 Å². The van der Waals surface area contributed by atoms with Crippen LogP contribution in [0.15, 0.2) is 59.5 Å². The minimum absolute atomic E-state index is 0.304. The van der Waals surface area contributed by atoms with Gasteiger partial charge in [-0.15, -0.1) is 0 Å². The first-order chi connectivity index (χ1) is 11.6. The van der Waals surface area contributed by atoms with Gasteiger partial charge in [0.2, 0.25) is 10.0 Å². The van der Waals surface area contributed by atoms with Crippen LogP contribution in [0.25, 0.3) is 0 Å². The molecule has 1 heterocycles. The van der Waals surface area contributed by atoms with Gasteiger partial charge in [-0.2, -0.15) is 0 Å². The molecule has 1 aliphatic heterocycles. The number of nitrogens with zero attached hydrogens (tertiary/aromatic N) is 1. The van der Waals surface area contributed by atoms with Crippen LogP contribution >= 0.6 is 0 Å². The van der Waals surface area contributed by atoms with Gasteiger partial charge in [0, 0.05) is 13.1 Å². The van der Waals surface area contributed by atoms with E-state index in [1.807, 2.05) is 42.5 Å². The Morgan fingerprint density at radius 2 is 1.50 bits per heavy atom. The summed E-state index contributed by atoms with van der Waals surface area (Å²) in [7, 11) is -3.47. The van der Waals surface area contributed by atoms with E-state index >= 15 is 0 Å². The van der Waals surface area contributed by atoms with Crippen LogP contribution in [0.4, 0.5) is 0 Å². The summed E-state index contributed by atoms with van der Waals surface area (Å²) >= 11 is 0. The monoisotopic (exact) mass is 344 g/mol. The first kappa shape index (κ1) is 17.1. The molecule has 0 amide bonds. The summed E-state index contributed by atoms with van der Waals surface area (Å²) in [6.45, 7) is 3.48. The molecule has 128 valence electrons. The normalized spacial score (nSPS) is 16.2. The Balaban J connectivity index is 1.61. The zero-order chi connectivity index (χ0) is 16.8. The Bertz CT molecular complexity index is 737. The van der Waals surface area contributed by atoms with Crippen molar-refractivity contribution in [1.29, 1.82) is 0 Å². The molecule has 0 bridgehead atoms. The molecule has 24 heavy (non-hydrogen) atoms. The van der Waals surface area contributed by atoms with Crippen LogP contribution in [-0.2, 0) is 23.1 Å². The molecule has 2 aromatic rings. The minimum Gasteiger partial charge on any atom is -0.299 e. The average molecular weight is 344 g/mol. The highest BCUT2D eigenvalue weighted by atomic mass is 32.2. The molecule has 0 aliphatic carbocycles. The van der Waals surface area contributed by atoms with E-state index < -0.39 is 10.0 Å². The maximum absolute atomic E-state index is 12.4. The Hall–Kier alpha value is -1.69. The number of rotatable bonds is 6. The maximum Gasteiger partial charge on any atom is 0.240 e. The maximum atomic E-state index is 12.4. The molecule has 3 rings (SSSR count). The van der Waals surface area contributed by atoms with Gasteiger partial charge in [0.25, 0.3) is 0 Å². The van der Waals surface area contributed by atoms with Crippen molar-refractivity contribution in [1.82, 2.24) is 9.62 Å². The molecule has 0 unspecified atom stereocenters. The van der Waals surface area contributed by atoms with E-state index in [4.69, 9.17) is 0 Å². The van der Waals surface area contributed by atoms with Crippen molar-refractivity contribution in [3.63, 3.8) is 0 Å². The van der Waals surface area contributed by atoms with Crippen LogP contribution in [0, 0.1) is 0 Å². The number of likely N-dealkylation sites (tertiary alicyclic amines) is 1. The fraction of sp³-hybridized carbons (Fsp3) is 0.368. The van der Waals surface area contributed by atoms with Crippen molar-refractivity contribution in [2.45, 2.75) is 37.2 Å². The van der Waals surface area contributed by atoms with Crippen molar-refractivity contribution < 1.29 is 8.42 Å². The molecule has 1 aliphatic rings. The summed E-state index contributed by atoms with van der Waals surface area (Å²) in [6.07, 6.45) is 3.84. The molecule has 5 heteroatoms. The predicted molar refractivity (Wildman–Crippen MR) is 96.0 cm³/mol. The second-order valence-electron chi connectivity index (χ2n) is 6.29. The number of hydrogen-bond acceptors (Lipinski definition) is 3. The Labute approximate surface area is 144 Å². The number of hydrogen-bond donors (Lipinski definition) is 1. The summed E-state index contributed by atoms with van der Waals surface area (Å²) < 4.78 is 27.4. The lowest BCUT2D eigenvalue weighted by Gasteiger charge is -2.26. The second-order valence-corrected chi connectivity index (χ2v) is 8.06. The van der Waals surface area contributed by atoms with Crippen LogP contribution in [0.5, 0.6) is 0 Å². The van der Waals surface area contributed by atoms with E-state index in [1.54, 1.807) is 12.1 Å². The van der Waals surface area contributed by atoms with Gasteiger partial charge in [-0.25, -0.2) is 13.1 Å². The van der Waals surface area contributed by atoms with Gasteiger partial charge in [-0.3, -0.25) is 4.90 Å². The minimum atomic E-state index is -3.47. The molecule has 0 aromatic heterocycles. The van der Waals surface area contributed by atoms with Crippen molar-refractivity contribution in [2.75, 3.05) is 13.1 Å². The van der Waals surface area contributed by atoms with Crippen LogP contribution in [0.3, 0.4) is 0 Å². The van der Waals surface area contributed by atoms with Crippen LogP contribution in [0.2, 0.25) is 0 Å². The molecule has 1 saturated heterocycles. The SMILES string of the molecule is O=S(=O)(NCc1ccccc1)c1ccc(CN2CCCCC2)cc1. The summed E-state index contributed by atoms with van der Waals surface area (Å²) in [5, 5.41) is 0. The molecule has 0 atom stereocenters. The summed E-state index contributed by atoms with van der Waals surface area (Å²) in [5.74, 6) is 0.